The van der Waals surface area contributed by atoms with Crippen molar-refractivity contribution >= 4 is 31.9 Å². The molecule has 0 bridgehead atoms. The summed E-state index contributed by atoms with van der Waals surface area (Å²) < 4.78 is 6.56. The lowest BCUT2D eigenvalue weighted by atomic mass is 9.94. The normalized spacial score (nSPS) is 23.6. The zero-order valence-electron chi connectivity index (χ0n) is 11.5. The maximum atomic E-state index is 5.46. The van der Waals surface area contributed by atoms with Gasteiger partial charge in [-0.1, -0.05) is 44.7 Å². The topological polar surface area (TPSA) is 12.5 Å². The van der Waals surface area contributed by atoms with Crippen LogP contribution in [-0.2, 0) is 6.54 Å². The third-order valence-electron chi connectivity index (χ3n) is 3.88. The monoisotopic (exact) mass is 389 g/mol. The number of methoxy groups -OCH3 is 1. The largest absolute Gasteiger partial charge is 0.496 e. The summed E-state index contributed by atoms with van der Waals surface area (Å²) in [7, 11) is 3.95. The minimum Gasteiger partial charge on any atom is -0.496 e. The van der Waals surface area contributed by atoms with Gasteiger partial charge in [0, 0.05) is 27.4 Å². The predicted molar refractivity (Wildman–Crippen MR) is 87.1 cm³/mol. The van der Waals surface area contributed by atoms with Crippen molar-refractivity contribution < 1.29 is 4.74 Å². The molecule has 0 heterocycles. The molecule has 0 aliphatic heterocycles. The SMILES string of the molecule is COc1ccc(Br)cc1CN(C)C1CCCCC1Br. The Balaban J connectivity index is 2.09. The van der Waals surface area contributed by atoms with Crippen LogP contribution in [0.1, 0.15) is 31.2 Å². The van der Waals surface area contributed by atoms with E-state index in [9.17, 15) is 0 Å². The summed E-state index contributed by atoms with van der Waals surface area (Å²) in [5.74, 6) is 0.969. The highest BCUT2D eigenvalue weighted by molar-refractivity contribution is 9.10. The molecule has 0 N–H and O–H groups in total. The molecule has 1 aliphatic carbocycles. The van der Waals surface area contributed by atoms with Crippen molar-refractivity contribution in [1.29, 1.82) is 0 Å². The lowest BCUT2D eigenvalue weighted by molar-refractivity contribution is 0.191. The Kier molecular flexibility index (Phi) is 5.72. The van der Waals surface area contributed by atoms with Crippen molar-refractivity contribution in [2.75, 3.05) is 14.2 Å². The molecule has 1 aromatic carbocycles. The number of halogens is 2. The van der Waals surface area contributed by atoms with Gasteiger partial charge in [0.05, 0.1) is 7.11 Å². The molecule has 4 heteroatoms. The second-order valence-corrected chi connectivity index (χ2v) is 7.33. The summed E-state index contributed by atoms with van der Waals surface area (Å²) in [5, 5.41) is 0. The van der Waals surface area contributed by atoms with Gasteiger partial charge in [0.25, 0.3) is 0 Å². The van der Waals surface area contributed by atoms with E-state index in [1.165, 1.54) is 31.2 Å². The molecule has 1 fully saturated rings. The van der Waals surface area contributed by atoms with Gasteiger partial charge in [-0.25, -0.2) is 0 Å². The van der Waals surface area contributed by atoms with Crippen molar-refractivity contribution in [2.24, 2.45) is 0 Å². The summed E-state index contributed by atoms with van der Waals surface area (Å²) in [6.45, 7) is 0.926. The van der Waals surface area contributed by atoms with Gasteiger partial charge in [0.2, 0.25) is 0 Å². The van der Waals surface area contributed by atoms with E-state index < -0.39 is 0 Å². The predicted octanol–water partition coefficient (Wildman–Crippen LogP) is 4.60. The fourth-order valence-corrected chi connectivity index (χ4v) is 4.22. The minimum absolute atomic E-state index is 0.615. The van der Waals surface area contributed by atoms with Gasteiger partial charge in [-0.05, 0) is 38.1 Å². The van der Waals surface area contributed by atoms with Gasteiger partial charge in [-0.15, -0.1) is 0 Å². The van der Waals surface area contributed by atoms with Gasteiger partial charge in [-0.3, -0.25) is 4.90 Å². The zero-order valence-corrected chi connectivity index (χ0v) is 14.7. The summed E-state index contributed by atoms with van der Waals surface area (Å²) in [4.78, 5) is 3.06. The molecule has 2 nitrogen and oxygen atoms in total. The first-order chi connectivity index (χ1) is 9.11. The maximum Gasteiger partial charge on any atom is 0.123 e. The van der Waals surface area contributed by atoms with Crippen LogP contribution in [0.2, 0.25) is 0 Å². The number of rotatable bonds is 4. The van der Waals surface area contributed by atoms with E-state index >= 15 is 0 Å². The minimum atomic E-state index is 0.615. The molecule has 0 radical (unpaired) electrons. The molecule has 1 aliphatic rings. The Morgan fingerprint density at radius 1 is 1.32 bits per heavy atom. The fraction of sp³-hybridized carbons (Fsp3) is 0.600. The third-order valence-corrected chi connectivity index (χ3v) is 5.44. The van der Waals surface area contributed by atoms with Crippen LogP contribution < -0.4 is 4.74 Å². The molecular weight excluding hydrogens is 370 g/mol. The van der Waals surface area contributed by atoms with Gasteiger partial charge < -0.3 is 4.74 Å². The average Bonchev–Trinajstić information content (AvgIpc) is 2.39. The average molecular weight is 391 g/mol. The number of hydrogen-bond donors (Lipinski definition) is 0. The first-order valence-electron chi connectivity index (χ1n) is 6.78. The van der Waals surface area contributed by atoms with Crippen LogP contribution in [0.15, 0.2) is 22.7 Å². The molecule has 2 atom stereocenters. The standard InChI is InChI=1S/C15H21Br2NO/c1-18(14-6-4-3-5-13(14)17)10-11-9-12(16)7-8-15(11)19-2/h7-9,13-14H,3-6,10H2,1-2H3. The quantitative estimate of drug-likeness (QED) is 0.696. The molecule has 106 valence electrons. The Bertz CT molecular complexity index is 425. The number of benzene rings is 1. The molecule has 0 spiro atoms. The van der Waals surface area contributed by atoms with Crippen LogP contribution in [0.25, 0.3) is 0 Å². The summed E-state index contributed by atoms with van der Waals surface area (Å²) >= 11 is 7.38. The molecular formula is C15H21Br2NO. The van der Waals surface area contributed by atoms with E-state index in [-0.39, 0.29) is 0 Å². The molecule has 2 unspecified atom stereocenters. The van der Waals surface area contributed by atoms with E-state index in [2.05, 4.69) is 49.9 Å². The highest BCUT2D eigenvalue weighted by Crippen LogP contribution is 2.30. The fourth-order valence-electron chi connectivity index (χ4n) is 2.82. The molecule has 0 aromatic heterocycles. The van der Waals surface area contributed by atoms with E-state index in [1.807, 2.05) is 12.1 Å². The number of ether oxygens (including phenoxy) is 1. The molecule has 19 heavy (non-hydrogen) atoms. The van der Waals surface area contributed by atoms with Gasteiger partial charge in [-0.2, -0.15) is 0 Å². The van der Waals surface area contributed by atoms with Crippen molar-refractivity contribution in [3.05, 3.63) is 28.2 Å². The van der Waals surface area contributed by atoms with Gasteiger partial charge in [0.15, 0.2) is 0 Å². The second-order valence-electron chi connectivity index (χ2n) is 5.24. The van der Waals surface area contributed by atoms with Crippen LogP contribution in [0.4, 0.5) is 0 Å². The van der Waals surface area contributed by atoms with Gasteiger partial charge >= 0.3 is 0 Å². The Morgan fingerprint density at radius 2 is 2.05 bits per heavy atom. The molecule has 2 rings (SSSR count). The Morgan fingerprint density at radius 3 is 2.74 bits per heavy atom. The summed E-state index contributed by atoms with van der Waals surface area (Å²) in [6, 6.07) is 6.83. The molecule has 1 saturated carbocycles. The van der Waals surface area contributed by atoms with Crippen LogP contribution >= 0.6 is 31.9 Å². The van der Waals surface area contributed by atoms with E-state index in [4.69, 9.17) is 4.74 Å². The maximum absolute atomic E-state index is 5.46. The van der Waals surface area contributed by atoms with Crippen molar-refractivity contribution in [2.45, 2.75) is 43.1 Å². The zero-order chi connectivity index (χ0) is 13.8. The van der Waals surface area contributed by atoms with Crippen LogP contribution in [-0.4, -0.2) is 29.9 Å². The summed E-state index contributed by atoms with van der Waals surface area (Å²) in [6.07, 6.45) is 5.25. The van der Waals surface area contributed by atoms with Crippen LogP contribution in [0, 0.1) is 0 Å². The summed E-state index contributed by atoms with van der Waals surface area (Å²) in [5.41, 5.74) is 1.24. The molecule has 0 saturated heterocycles. The molecule has 1 aromatic rings. The van der Waals surface area contributed by atoms with Crippen LogP contribution in [0.5, 0.6) is 5.75 Å². The van der Waals surface area contributed by atoms with E-state index in [1.54, 1.807) is 7.11 Å². The van der Waals surface area contributed by atoms with Crippen molar-refractivity contribution in [3.63, 3.8) is 0 Å². The first-order valence-corrected chi connectivity index (χ1v) is 8.49. The number of nitrogens with zero attached hydrogens (tertiary/aromatic N) is 1. The number of hydrogen-bond acceptors (Lipinski definition) is 2. The second kappa shape index (κ2) is 7.09. The Labute approximate surface area is 132 Å². The number of alkyl halides is 1. The van der Waals surface area contributed by atoms with Crippen molar-refractivity contribution in [3.8, 4) is 5.75 Å². The van der Waals surface area contributed by atoms with Gasteiger partial charge in [0.1, 0.15) is 5.75 Å². The lowest BCUT2D eigenvalue weighted by Gasteiger charge is -2.35. The highest BCUT2D eigenvalue weighted by Gasteiger charge is 2.26. The van der Waals surface area contributed by atoms with Crippen LogP contribution in [0.3, 0.4) is 0 Å². The smallest absolute Gasteiger partial charge is 0.123 e. The first kappa shape index (κ1) is 15.3. The third kappa shape index (κ3) is 3.96. The van der Waals surface area contributed by atoms with E-state index in [0.717, 1.165) is 16.8 Å². The highest BCUT2D eigenvalue weighted by atomic mass is 79.9. The molecule has 0 amide bonds. The Hall–Kier alpha value is -0.0600. The van der Waals surface area contributed by atoms with Crippen molar-refractivity contribution in [1.82, 2.24) is 4.90 Å². The lowest BCUT2D eigenvalue weighted by Crippen LogP contribution is -2.40. The van der Waals surface area contributed by atoms with E-state index in [0.29, 0.717) is 10.9 Å².